The molecule has 0 radical (unpaired) electrons. The van der Waals surface area contributed by atoms with E-state index in [9.17, 15) is 0 Å². The number of aromatic nitrogens is 2. The lowest BCUT2D eigenvalue weighted by Crippen LogP contribution is -2.21. The van der Waals surface area contributed by atoms with Gasteiger partial charge in [-0.15, -0.1) is 0 Å². The van der Waals surface area contributed by atoms with Crippen LogP contribution in [-0.4, -0.2) is 16.1 Å². The summed E-state index contributed by atoms with van der Waals surface area (Å²) >= 11 is 0. The zero-order valence-corrected chi connectivity index (χ0v) is 11.1. The molecule has 1 N–H and O–H groups in total. The summed E-state index contributed by atoms with van der Waals surface area (Å²) in [6, 6.07) is 10.3. The highest BCUT2D eigenvalue weighted by Gasteiger charge is 2.02. The Morgan fingerprint density at radius 3 is 2.83 bits per heavy atom. The first kappa shape index (κ1) is 12.8. The van der Waals surface area contributed by atoms with Crippen molar-refractivity contribution in [2.24, 2.45) is 5.92 Å². The fourth-order valence-corrected chi connectivity index (χ4v) is 1.92. The van der Waals surface area contributed by atoms with Gasteiger partial charge in [-0.2, -0.15) is 0 Å². The van der Waals surface area contributed by atoms with Crippen molar-refractivity contribution in [3.8, 4) is 0 Å². The van der Waals surface area contributed by atoms with Gasteiger partial charge in [-0.25, -0.2) is 0 Å². The number of nitrogens with zero attached hydrogens (tertiary/aromatic N) is 2. The van der Waals surface area contributed by atoms with E-state index < -0.39 is 0 Å². The molecule has 0 bridgehead atoms. The summed E-state index contributed by atoms with van der Waals surface area (Å²) in [7, 11) is 0. The van der Waals surface area contributed by atoms with Crippen LogP contribution in [0.15, 0.2) is 42.7 Å². The normalized spacial score (nSPS) is 11.1. The van der Waals surface area contributed by atoms with Gasteiger partial charge in [0.2, 0.25) is 0 Å². The standard InChI is InChI=1S/C15H21N3/c1-13(2)10-16-11-15-7-5-9-18(15)12-14-6-3-4-8-17-14/h3-9,13,16H,10-12H2,1-2H3. The molecule has 0 aliphatic heterocycles. The Labute approximate surface area is 109 Å². The fraction of sp³-hybridized carbons (Fsp3) is 0.400. The first-order valence-electron chi connectivity index (χ1n) is 6.50. The van der Waals surface area contributed by atoms with Crippen LogP contribution in [0.1, 0.15) is 25.2 Å². The van der Waals surface area contributed by atoms with E-state index in [1.54, 1.807) is 0 Å². The van der Waals surface area contributed by atoms with Crippen molar-refractivity contribution >= 4 is 0 Å². The minimum absolute atomic E-state index is 0.684. The third kappa shape index (κ3) is 3.70. The van der Waals surface area contributed by atoms with E-state index in [1.807, 2.05) is 18.3 Å². The van der Waals surface area contributed by atoms with Gasteiger partial charge in [0, 0.05) is 24.6 Å². The van der Waals surface area contributed by atoms with E-state index in [4.69, 9.17) is 0 Å². The first-order valence-corrected chi connectivity index (χ1v) is 6.50. The van der Waals surface area contributed by atoms with Crippen LogP contribution in [0.4, 0.5) is 0 Å². The van der Waals surface area contributed by atoms with Crippen molar-refractivity contribution in [1.82, 2.24) is 14.9 Å². The van der Waals surface area contributed by atoms with Gasteiger partial charge in [-0.3, -0.25) is 4.98 Å². The smallest absolute Gasteiger partial charge is 0.0645 e. The molecule has 0 fully saturated rings. The van der Waals surface area contributed by atoms with E-state index in [-0.39, 0.29) is 0 Å². The van der Waals surface area contributed by atoms with Gasteiger partial charge in [-0.05, 0) is 36.7 Å². The molecule has 3 heteroatoms. The third-order valence-corrected chi connectivity index (χ3v) is 2.84. The van der Waals surface area contributed by atoms with Gasteiger partial charge in [0.1, 0.15) is 0 Å². The SMILES string of the molecule is CC(C)CNCc1cccn1Cc1ccccn1. The molecule has 0 atom stereocenters. The molecule has 0 unspecified atom stereocenters. The highest BCUT2D eigenvalue weighted by atomic mass is 15.0. The van der Waals surface area contributed by atoms with Gasteiger partial charge in [-0.1, -0.05) is 19.9 Å². The van der Waals surface area contributed by atoms with Crippen LogP contribution in [-0.2, 0) is 13.1 Å². The molecule has 0 aromatic carbocycles. The molecular formula is C15H21N3. The Bertz CT molecular complexity index is 460. The lowest BCUT2D eigenvalue weighted by atomic mass is 10.2. The maximum absolute atomic E-state index is 4.36. The molecule has 0 spiro atoms. The highest BCUT2D eigenvalue weighted by Crippen LogP contribution is 2.06. The monoisotopic (exact) mass is 243 g/mol. The Hall–Kier alpha value is -1.61. The molecule has 2 heterocycles. The number of hydrogen-bond acceptors (Lipinski definition) is 2. The molecule has 0 saturated heterocycles. The van der Waals surface area contributed by atoms with E-state index in [1.165, 1.54) is 5.69 Å². The van der Waals surface area contributed by atoms with Crippen molar-refractivity contribution in [2.45, 2.75) is 26.9 Å². The van der Waals surface area contributed by atoms with Crippen molar-refractivity contribution in [3.63, 3.8) is 0 Å². The Morgan fingerprint density at radius 1 is 1.22 bits per heavy atom. The van der Waals surface area contributed by atoms with E-state index in [0.29, 0.717) is 5.92 Å². The summed E-state index contributed by atoms with van der Waals surface area (Å²) in [5.41, 5.74) is 2.40. The summed E-state index contributed by atoms with van der Waals surface area (Å²) in [4.78, 5) is 4.36. The number of rotatable bonds is 6. The van der Waals surface area contributed by atoms with Crippen molar-refractivity contribution < 1.29 is 0 Å². The number of hydrogen-bond donors (Lipinski definition) is 1. The van der Waals surface area contributed by atoms with Gasteiger partial charge >= 0.3 is 0 Å². The Kier molecular flexibility index (Phi) is 4.53. The fourth-order valence-electron chi connectivity index (χ4n) is 1.92. The number of pyridine rings is 1. The third-order valence-electron chi connectivity index (χ3n) is 2.84. The van der Waals surface area contributed by atoms with Gasteiger partial charge in [0.05, 0.1) is 12.2 Å². The molecule has 0 aliphatic carbocycles. The molecule has 2 rings (SSSR count). The molecular weight excluding hydrogens is 222 g/mol. The minimum Gasteiger partial charge on any atom is -0.344 e. The predicted octanol–water partition coefficient (Wildman–Crippen LogP) is 2.68. The van der Waals surface area contributed by atoms with Gasteiger partial charge < -0.3 is 9.88 Å². The van der Waals surface area contributed by atoms with Crippen LogP contribution in [0.5, 0.6) is 0 Å². The molecule has 0 aliphatic rings. The van der Waals surface area contributed by atoms with Crippen LogP contribution in [0.3, 0.4) is 0 Å². The van der Waals surface area contributed by atoms with Crippen molar-refractivity contribution in [1.29, 1.82) is 0 Å². The minimum atomic E-state index is 0.684. The van der Waals surface area contributed by atoms with Crippen LogP contribution in [0.25, 0.3) is 0 Å². The van der Waals surface area contributed by atoms with Crippen molar-refractivity contribution in [2.75, 3.05) is 6.54 Å². The van der Waals surface area contributed by atoms with Crippen LogP contribution in [0.2, 0.25) is 0 Å². The van der Waals surface area contributed by atoms with Crippen LogP contribution in [0, 0.1) is 5.92 Å². The van der Waals surface area contributed by atoms with Gasteiger partial charge in [0.25, 0.3) is 0 Å². The summed E-state index contributed by atoms with van der Waals surface area (Å²) < 4.78 is 2.25. The topological polar surface area (TPSA) is 29.9 Å². The quantitative estimate of drug-likeness (QED) is 0.845. The average molecular weight is 243 g/mol. The van der Waals surface area contributed by atoms with Gasteiger partial charge in [0.15, 0.2) is 0 Å². The second-order valence-electron chi connectivity index (χ2n) is 4.97. The lowest BCUT2D eigenvalue weighted by Gasteiger charge is -2.11. The highest BCUT2D eigenvalue weighted by molar-refractivity contribution is 5.11. The lowest BCUT2D eigenvalue weighted by molar-refractivity contribution is 0.538. The van der Waals surface area contributed by atoms with E-state index in [0.717, 1.165) is 25.3 Å². The maximum Gasteiger partial charge on any atom is 0.0645 e. The van der Waals surface area contributed by atoms with Crippen LogP contribution < -0.4 is 5.32 Å². The summed E-state index contributed by atoms with van der Waals surface area (Å²) in [5.74, 6) is 0.684. The first-order chi connectivity index (χ1) is 8.75. The zero-order chi connectivity index (χ0) is 12.8. The summed E-state index contributed by atoms with van der Waals surface area (Å²) in [5, 5.41) is 3.47. The number of nitrogens with one attached hydrogen (secondary N) is 1. The van der Waals surface area contributed by atoms with Crippen LogP contribution >= 0.6 is 0 Å². The molecule has 96 valence electrons. The predicted molar refractivity (Wildman–Crippen MR) is 74.3 cm³/mol. The molecule has 0 saturated carbocycles. The van der Waals surface area contributed by atoms with E-state index >= 15 is 0 Å². The molecule has 2 aromatic rings. The largest absolute Gasteiger partial charge is 0.344 e. The Morgan fingerprint density at radius 2 is 2.11 bits per heavy atom. The molecule has 3 nitrogen and oxygen atoms in total. The Balaban J connectivity index is 1.95. The average Bonchev–Trinajstić information content (AvgIpc) is 2.78. The second kappa shape index (κ2) is 6.36. The second-order valence-corrected chi connectivity index (χ2v) is 4.97. The van der Waals surface area contributed by atoms with Crippen molar-refractivity contribution in [3.05, 3.63) is 54.1 Å². The summed E-state index contributed by atoms with van der Waals surface area (Å²) in [6.07, 6.45) is 3.95. The molecule has 0 amide bonds. The zero-order valence-electron chi connectivity index (χ0n) is 11.1. The van der Waals surface area contributed by atoms with E-state index in [2.05, 4.69) is 53.1 Å². The maximum atomic E-state index is 4.36. The molecule has 18 heavy (non-hydrogen) atoms. The summed E-state index contributed by atoms with van der Waals surface area (Å²) in [6.45, 7) is 7.25. The molecule has 2 aromatic heterocycles.